The predicted octanol–water partition coefficient (Wildman–Crippen LogP) is 5.80. The smallest absolute Gasteiger partial charge is 0.288 e. The Morgan fingerprint density at radius 1 is 1.13 bits per heavy atom. The third-order valence-electron chi connectivity index (χ3n) is 5.54. The Bertz CT molecular complexity index is 1180. The highest BCUT2D eigenvalue weighted by Gasteiger charge is 2.41. The van der Waals surface area contributed by atoms with Crippen molar-refractivity contribution in [1.82, 2.24) is 5.01 Å². The zero-order chi connectivity index (χ0) is 20.8. The summed E-state index contributed by atoms with van der Waals surface area (Å²) in [6.45, 7) is 2.05. The van der Waals surface area contributed by atoms with E-state index in [0.29, 0.717) is 5.56 Å². The molecule has 7 heteroatoms. The van der Waals surface area contributed by atoms with Crippen LogP contribution in [0.1, 0.15) is 40.9 Å². The zero-order valence-electron chi connectivity index (χ0n) is 16.2. The molecule has 2 aliphatic rings. The second-order valence-electron chi connectivity index (χ2n) is 7.49. The summed E-state index contributed by atoms with van der Waals surface area (Å²) >= 11 is 6.01. The van der Waals surface area contributed by atoms with Gasteiger partial charge in [-0.3, -0.25) is 10.1 Å². The van der Waals surface area contributed by atoms with Gasteiger partial charge < -0.3 is 4.74 Å². The minimum atomic E-state index is -0.580. The molecule has 0 radical (unpaired) electrons. The molecule has 5 rings (SSSR count). The molecule has 0 amide bonds. The standard InChI is InChI=1S/C23H18ClN3O3/c1-14-6-8-15(9-7-14)19-13-20-17-4-2-3-5-22(17)30-23(26(20)25-19)16-10-11-18(24)21(12-16)27(28)29/h2-12,20,23H,13H2,1H3. The van der Waals surface area contributed by atoms with Crippen molar-refractivity contribution in [3.63, 3.8) is 0 Å². The molecule has 6 nitrogen and oxygen atoms in total. The van der Waals surface area contributed by atoms with E-state index in [0.717, 1.165) is 29.0 Å². The Morgan fingerprint density at radius 2 is 1.90 bits per heavy atom. The normalized spacial score (nSPS) is 19.5. The Hall–Kier alpha value is -3.38. The minimum Gasteiger partial charge on any atom is -0.464 e. The van der Waals surface area contributed by atoms with Gasteiger partial charge in [-0.2, -0.15) is 5.10 Å². The van der Waals surface area contributed by atoms with Crippen LogP contribution in [-0.4, -0.2) is 15.6 Å². The Morgan fingerprint density at radius 3 is 2.67 bits per heavy atom. The van der Waals surface area contributed by atoms with Crippen LogP contribution in [0.3, 0.4) is 0 Å². The first-order chi connectivity index (χ1) is 14.5. The molecule has 0 spiro atoms. The SMILES string of the molecule is Cc1ccc(C2=NN3C(C2)c2ccccc2OC3c2ccc(Cl)c([N+](=O)[O-])c2)cc1. The highest BCUT2D eigenvalue weighted by atomic mass is 35.5. The average Bonchev–Trinajstić information content (AvgIpc) is 3.19. The van der Waals surface area contributed by atoms with E-state index >= 15 is 0 Å². The molecule has 2 unspecified atom stereocenters. The lowest BCUT2D eigenvalue weighted by Gasteiger charge is -2.38. The van der Waals surface area contributed by atoms with E-state index in [2.05, 4.69) is 31.2 Å². The second-order valence-corrected chi connectivity index (χ2v) is 7.90. The maximum atomic E-state index is 11.4. The number of aryl methyl sites for hydroxylation is 1. The van der Waals surface area contributed by atoms with Crippen molar-refractivity contribution in [3.8, 4) is 5.75 Å². The predicted molar refractivity (Wildman–Crippen MR) is 115 cm³/mol. The molecule has 2 aliphatic heterocycles. The summed E-state index contributed by atoms with van der Waals surface area (Å²) in [7, 11) is 0. The molecule has 150 valence electrons. The highest BCUT2D eigenvalue weighted by molar-refractivity contribution is 6.32. The molecule has 0 fully saturated rings. The number of hydrogen-bond donors (Lipinski definition) is 0. The third-order valence-corrected chi connectivity index (χ3v) is 5.86. The van der Waals surface area contributed by atoms with Crippen molar-refractivity contribution in [3.05, 3.63) is 104 Å². The first-order valence-electron chi connectivity index (χ1n) is 9.63. The number of rotatable bonds is 3. The Balaban J connectivity index is 1.60. The van der Waals surface area contributed by atoms with Gasteiger partial charge in [0.05, 0.1) is 16.7 Å². The quantitative estimate of drug-likeness (QED) is 0.397. The molecule has 0 aromatic heterocycles. The summed E-state index contributed by atoms with van der Waals surface area (Å²) < 4.78 is 6.26. The number of hydrogen-bond acceptors (Lipinski definition) is 5. The first kappa shape index (κ1) is 18.6. The van der Waals surface area contributed by atoms with E-state index in [1.54, 1.807) is 6.07 Å². The van der Waals surface area contributed by atoms with Crippen molar-refractivity contribution in [2.45, 2.75) is 25.6 Å². The summed E-state index contributed by atoms with van der Waals surface area (Å²) in [5, 5.41) is 18.3. The molecule has 0 bridgehead atoms. The largest absolute Gasteiger partial charge is 0.464 e. The number of benzene rings is 3. The molecule has 0 saturated carbocycles. The topological polar surface area (TPSA) is 68.0 Å². The van der Waals surface area contributed by atoms with Crippen molar-refractivity contribution < 1.29 is 9.66 Å². The van der Waals surface area contributed by atoms with E-state index in [9.17, 15) is 10.1 Å². The van der Waals surface area contributed by atoms with Crippen LogP contribution in [0.2, 0.25) is 5.02 Å². The third kappa shape index (κ3) is 3.09. The van der Waals surface area contributed by atoms with Crippen LogP contribution in [0, 0.1) is 17.0 Å². The molecule has 3 aromatic carbocycles. The summed E-state index contributed by atoms with van der Waals surface area (Å²) in [5.41, 5.74) is 4.77. The van der Waals surface area contributed by atoms with Crippen molar-refractivity contribution in [2.24, 2.45) is 5.10 Å². The van der Waals surface area contributed by atoms with Gasteiger partial charge in [0.25, 0.3) is 5.69 Å². The summed E-state index contributed by atoms with van der Waals surface area (Å²) in [6.07, 6.45) is 0.152. The molecular weight excluding hydrogens is 402 g/mol. The van der Waals surface area contributed by atoms with Crippen LogP contribution in [0.4, 0.5) is 5.69 Å². The van der Waals surface area contributed by atoms with E-state index in [1.165, 1.54) is 17.7 Å². The fraction of sp³-hybridized carbons (Fsp3) is 0.174. The Labute approximate surface area is 178 Å². The molecular formula is C23H18ClN3O3. The molecule has 0 N–H and O–H groups in total. The van der Waals surface area contributed by atoms with Crippen molar-refractivity contribution in [1.29, 1.82) is 0 Å². The number of nitro benzene ring substituents is 1. The monoisotopic (exact) mass is 419 g/mol. The van der Waals surface area contributed by atoms with E-state index in [-0.39, 0.29) is 16.8 Å². The molecule has 0 aliphatic carbocycles. The van der Waals surface area contributed by atoms with E-state index < -0.39 is 11.2 Å². The maximum absolute atomic E-state index is 11.4. The highest BCUT2D eigenvalue weighted by Crippen LogP contribution is 2.48. The van der Waals surface area contributed by atoms with Gasteiger partial charge in [0, 0.05) is 23.6 Å². The molecule has 2 atom stereocenters. The number of nitrogens with zero attached hydrogens (tertiary/aromatic N) is 3. The van der Waals surface area contributed by atoms with Gasteiger partial charge in [-0.15, -0.1) is 0 Å². The molecule has 2 heterocycles. The number of fused-ring (bicyclic) bond motifs is 3. The lowest BCUT2D eigenvalue weighted by molar-refractivity contribution is -0.384. The van der Waals surface area contributed by atoms with Gasteiger partial charge in [-0.05, 0) is 24.6 Å². The van der Waals surface area contributed by atoms with Crippen LogP contribution in [-0.2, 0) is 0 Å². The van der Waals surface area contributed by atoms with Gasteiger partial charge in [0.1, 0.15) is 10.8 Å². The van der Waals surface area contributed by atoms with Gasteiger partial charge in [0.15, 0.2) is 0 Å². The molecule has 0 saturated heterocycles. The van der Waals surface area contributed by atoms with Gasteiger partial charge >= 0.3 is 0 Å². The Kier molecular flexibility index (Phi) is 4.44. The van der Waals surface area contributed by atoms with Gasteiger partial charge in [-0.1, -0.05) is 65.7 Å². The fourth-order valence-electron chi connectivity index (χ4n) is 4.00. The number of hydrazone groups is 1. The van der Waals surface area contributed by atoms with Crippen LogP contribution in [0.15, 0.2) is 71.8 Å². The van der Waals surface area contributed by atoms with Crippen molar-refractivity contribution in [2.75, 3.05) is 0 Å². The average molecular weight is 420 g/mol. The summed E-state index contributed by atoms with van der Waals surface area (Å²) in [4.78, 5) is 10.9. The minimum absolute atomic E-state index is 0.00835. The van der Waals surface area contributed by atoms with Crippen LogP contribution in [0.5, 0.6) is 5.75 Å². The fourth-order valence-corrected chi connectivity index (χ4v) is 4.18. The number of ether oxygens (including phenoxy) is 1. The van der Waals surface area contributed by atoms with Crippen LogP contribution >= 0.6 is 11.6 Å². The lowest BCUT2D eigenvalue weighted by atomic mass is 9.95. The number of halogens is 1. The summed E-state index contributed by atoms with van der Waals surface area (Å²) in [5.74, 6) is 0.765. The van der Waals surface area contributed by atoms with E-state index in [4.69, 9.17) is 21.4 Å². The van der Waals surface area contributed by atoms with Gasteiger partial charge in [-0.25, -0.2) is 5.01 Å². The first-order valence-corrected chi connectivity index (χ1v) is 10.0. The van der Waals surface area contributed by atoms with Crippen LogP contribution < -0.4 is 4.74 Å². The number of nitro groups is 1. The summed E-state index contributed by atoms with van der Waals surface area (Å²) in [6, 6.07) is 20.9. The number of para-hydroxylation sites is 1. The van der Waals surface area contributed by atoms with Crippen LogP contribution in [0.25, 0.3) is 0 Å². The zero-order valence-corrected chi connectivity index (χ0v) is 16.9. The molecule has 30 heavy (non-hydrogen) atoms. The lowest BCUT2D eigenvalue weighted by Crippen LogP contribution is -2.33. The molecule has 3 aromatic rings. The van der Waals surface area contributed by atoms with Gasteiger partial charge in [0.2, 0.25) is 6.23 Å². The van der Waals surface area contributed by atoms with Crippen molar-refractivity contribution >= 4 is 23.0 Å². The van der Waals surface area contributed by atoms with E-state index in [1.807, 2.05) is 29.3 Å². The maximum Gasteiger partial charge on any atom is 0.288 e. The second kappa shape index (κ2) is 7.15.